The summed E-state index contributed by atoms with van der Waals surface area (Å²) >= 11 is 1.69. The first kappa shape index (κ1) is 13.9. The number of aromatic nitrogens is 2. The van der Waals surface area contributed by atoms with Gasteiger partial charge in [-0.25, -0.2) is 4.98 Å². The molecule has 0 saturated heterocycles. The van der Waals surface area contributed by atoms with Gasteiger partial charge in [0.05, 0.1) is 11.4 Å². The molecule has 0 spiro atoms. The third-order valence-electron chi connectivity index (χ3n) is 3.00. The highest BCUT2D eigenvalue weighted by molar-refractivity contribution is 7.98. The van der Waals surface area contributed by atoms with Crippen LogP contribution in [0.4, 0.5) is 0 Å². The van der Waals surface area contributed by atoms with E-state index in [4.69, 9.17) is 0 Å². The van der Waals surface area contributed by atoms with Crippen molar-refractivity contribution in [2.24, 2.45) is 0 Å². The van der Waals surface area contributed by atoms with Gasteiger partial charge in [-0.05, 0) is 32.4 Å². The van der Waals surface area contributed by atoms with E-state index < -0.39 is 0 Å². The first-order valence-corrected chi connectivity index (χ1v) is 7.37. The molecule has 0 radical (unpaired) electrons. The fourth-order valence-corrected chi connectivity index (χ4v) is 2.78. The van der Waals surface area contributed by atoms with E-state index in [0.29, 0.717) is 5.75 Å². The molecular formula is C15H18N2OS. The average Bonchev–Trinajstić information content (AvgIpc) is 2.40. The zero-order chi connectivity index (χ0) is 13.8. The predicted molar refractivity (Wildman–Crippen MR) is 79.7 cm³/mol. The van der Waals surface area contributed by atoms with E-state index in [1.165, 1.54) is 10.5 Å². The summed E-state index contributed by atoms with van der Waals surface area (Å²) in [4.78, 5) is 20.3. The smallest absolute Gasteiger partial charge is 0.254 e. The molecule has 100 valence electrons. The van der Waals surface area contributed by atoms with Crippen LogP contribution in [0, 0.1) is 13.8 Å². The molecule has 0 amide bonds. The van der Waals surface area contributed by atoms with E-state index >= 15 is 0 Å². The Morgan fingerprint density at radius 3 is 2.79 bits per heavy atom. The molecule has 0 unspecified atom stereocenters. The van der Waals surface area contributed by atoms with E-state index in [1.54, 1.807) is 11.8 Å². The second-order valence-corrected chi connectivity index (χ2v) is 5.59. The minimum atomic E-state index is -0.0216. The Bertz CT molecular complexity index is 634. The van der Waals surface area contributed by atoms with Crippen LogP contribution in [0.1, 0.15) is 29.6 Å². The number of hydrogen-bond acceptors (Lipinski definition) is 3. The summed E-state index contributed by atoms with van der Waals surface area (Å²) < 4.78 is 0. The molecule has 1 heterocycles. The number of H-pyrrole nitrogens is 1. The van der Waals surface area contributed by atoms with E-state index in [-0.39, 0.29) is 5.56 Å². The maximum absolute atomic E-state index is 11.8. The van der Waals surface area contributed by atoms with Crippen LogP contribution < -0.4 is 5.56 Å². The first-order valence-electron chi connectivity index (χ1n) is 6.38. The van der Waals surface area contributed by atoms with Crippen molar-refractivity contribution in [3.05, 3.63) is 57.3 Å². The fraction of sp³-hybridized carbons (Fsp3) is 0.333. The summed E-state index contributed by atoms with van der Waals surface area (Å²) in [7, 11) is 0. The number of rotatable bonds is 4. The number of hydrogen-bond donors (Lipinski definition) is 1. The van der Waals surface area contributed by atoms with Crippen molar-refractivity contribution in [2.45, 2.75) is 37.8 Å². The third kappa shape index (κ3) is 3.47. The van der Waals surface area contributed by atoms with Crippen molar-refractivity contribution in [1.29, 1.82) is 0 Å². The van der Waals surface area contributed by atoms with Gasteiger partial charge in [0.2, 0.25) is 0 Å². The molecule has 1 aromatic heterocycles. The monoisotopic (exact) mass is 274 g/mol. The molecule has 0 fully saturated rings. The first-order chi connectivity index (χ1) is 9.10. The summed E-state index contributed by atoms with van der Waals surface area (Å²) in [6, 6.07) is 8.33. The topological polar surface area (TPSA) is 45.8 Å². The van der Waals surface area contributed by atoms with Crippen molar-refractivity contribution >= 4 is 11.8 Å². The maximum Gasteiger partial charge on any atom is 0.254 e. The van der Waals surface area contributed by atoms with Crippen molar-refractivity contribution < 1.29 is 0 Å². The van der Waals surface area contributed by atoms with Gasteiger partial charge in [-0.1, -0.05) is 24.6 Å². The van der Waals surface area contributed by atoms with Crippen molar-refractivity contribution in [2.75, 3.05) is 0 Å². The summed E-state index contributed by atoms with van der Waals surface area (Å²) in [6.07, 6.45) is 0.790. The maximum atomic E-state index is 11.8. The molecule has 0 atom stereocenters. The van der Waals surface area contributed by atoms with Gasteiger partial charge >= 0.3 is 0 Å². The Labute approximate surface area is 117 Å². The van der Waals surface area contributed by atoms with Gasteiger partial charge in [0.15, 0.2) is 0 Å². The second-order valence-electron chi connectivity index (χ2n) is 4.54. The SMILES string of the molecule is CCc1nc(CSc2cccc(C)c2)[nH]c(=O)c1C. The molecule has 1 N–H and O–H groups in total. The van der Waals surface area contributed by atoms with Crippen LogP contribution in [-0.4, -0.2) is 9.97 Å². The van der Waals surface area contributed by atoms with Gasteiger partial charge in [0.1, 0.15) is 5.82 Å². The highest BCUT2D eigenvalue weighted by atomic mass is 32.2. The molecule has 0 bridgehead atoms. The lowest BCUT2D eigenvalue weighted by atomic mass is 10.2. The third-order valence-corrected chi connectivity index (χ3v) is 4.01. The highest BCUT2D eigenvalue weighted by Crippen LogP contribution is 2.21. The quantitative estimate of drug-likeness (QED) is 0.871. The summed E-state index contributed by atoms with van der Waals surface area (Å²) in [5, 5.41) is 0. The zero-order valence-electron chi connectivity index (χ0n) is 11.5. The lowest BCUT2D eigenvalue weighted by molar-refractivity contribution is 0.895. The fourth-order valence-electron chi connectivity index (χ4n) is 1.90. The molecule has 3 nitrogen and oxygen atoms in total. The Morgan fingerprint density at radius 1 is 1.32 bits per heavy atom. The summed E-state index contributed by atoms with van der Waals surface area (Å²) in [5.41, 5.74) is 2.84. The van der Waals surface area contributed by atoms with Crippen molar-refractivity contribution in [1.82, 2.24) is 9.97 Å². The van der Waals surface area contributed by atoms with Gasteiger partial charge in [0.25, 0.3) is 5.56 Å². The van der Waals surface area contributed by atoms with E-state index in [1.807, 2.05) is 19.9 Å². The van der Waals surface area contributed by atoms with Gasteiger partial charge in [-0.3, -0.25) is 4.79 Å². The Hall–Kier alpha value is -1.55. The largest absolute Gasteiger partial charge is 0.310 e. The van der Waals surface area contributed by atoms with Crippen LogP contribution in [-0.2, 0) is 12.2 Å². The van der Waals surface area contributed by atoms with Gasteiger partial charge < -0.3 is 4.98 Å². The number of nitrogens with one attached hydrogen (secondary N) is 1. The molecule has 0 saturated carbocycles. The lowest BCUT2D eigenvalue weighted by Gasteiger charge is -2.06. The van der Waals surface area contributed by atoms with Crippen LogP contribution in [0.15, 0.2) is 34.0 Å². The van der Waals surface area contributed by atoms with Gasteiger partial charge in [-0.15, -0.1) is 11.8 Å². The van der Waals surface area contributed by atoms with E-state index in [9.17, 15) is 4.79 Å². The molecule has 4 heteroatoms. The van der Waals surface area contributed by atoms with Crippen LogP contribution >= 0.6 is 11.8 Å². The van der Waals surface area contributed by atoms with Gasteiger partial charge in [0, 0.05) is 10.5 Å². The van der Waals surface area contributed by atoms with Crippen molar-refractivity contribution in [3.8, 4) is 0 Å². The normalized spacial score (nSPS) is 10.7. The molecule has 19 heavy (non-hydrogen) atoms. The molecule has 0 aliphatic rings. The number of aromatic amines is 1. The van der Waals surface area contributed by atoms with Crippen LogP contribution in [0.25, 0.3) is 0 Å². The van der Waals surface area contributed by atoms with Gasteiger partial charge in [-0.2, -0.15) is 0 Å². The predicted octanol–water partition coefficient (Wildman–Crippen LogP) is 3.24. The molecule has 0 aliphatic carbocycles. The minimum absolute atomic E-state index is 0.0216. The molecule has 1 aromatic carbocycles. The summed E-state index contributed by atoms with van der Waals surface area (Å²) in [5.74, 6) is 1.44. The standard InChI is InChI=1S/C15H18N2OS/c1-4-13-11(3)15(18)17-14(16-13)9-19-12-7-5-6-10(2)8-12/h5-8H,4,9H2,1-3H3,(H,16,17,18). The second kappa shape index (κ2) is 6.06. The Kier molecular flexibility index (Phi) is 4.43. The number of thioether (sulfide) groups is 1. The van der Waals surface area contributed by atoms with E-state index in [2.05, 4.69) is 35.1 Å². The van der Waals surface area contributed by atoms with Crippen LogP contribution in [0.2, 0.25) is 0 Å². The highest BCUT2D eigenvalue weighted by Gasteiger charge is 2.06. The Balaban J connectivity index is 2.16. The Morgan fingerprint density at radius 2 is 2.11 bits per heavy atom. The summed E-state index contributed by atoms with van der Waals surface area (Å²) in [6.45, 7) is 5.92. The minimum Gasteiger partial charge on any atom is -0.310 e. The average molecular weight is 274 g/mol. The lowest BCUT2D eigenvalue weighted by Crippen LogP contribution is -2.17. The number of aryl methyl sites for hydroxylation is 2. The molecular weight excluding hydrogens is 256 g/mol. The molecule has 2 rings (SSSR count). The van der Waals surface area contributed by atoms with Crippen LogP contribution in [0.5, 0.6) is 0 Å². The number of benzene rings is 1. The van der Waals surface area contributed by atoms with E-state index in [0.717, 1.165) is 23.5 Å². The number of nitrogens with zero attached hydrogens (tertiary/aromatic N) is 1. The van der Waals surface area contributed by atoms with Crippen molar-refractivity contribution in [3.63, 3.8) is 0 Å². The van der Waals surface area contributed by atoms with Crippen LogP contribution in [0.3, 0.4) is 0 Å². The zero-order valence-corrected chi connectivity index (χ0v) is 12.3. The molecule has 2 aromatic rings. The molecule has 0 aliphatic heterocycles.